The number of carbonyl (C=O) groups is 1. The number of thioether (sulfide) groups is 2. The third kappa shape index (κ3) is 4.31. The van der Waals surface area contributed by atoms with Crippen LogP contribution in [0.5, 0.6) is 0 Å². The Balaban J connectivity index is 1.68. The molecule has 1 N–H and O–H groups in total. The van der Waals surface area contributed by atoms with Gasteiger partial charge in [-0.15, -0.1) is 23.5 Å². The summed E-state index contributed by atoms with van der Waals surface area (Å²) >= 11 is 3.93. The average Bonchev–Trinajstić information content (AvgIpc) is 3.11. The van der Waals surface area contributed by atoms with Gasteiger partial charge in [0, 0.05) is 29.9 Å². The Hall–Kier alpha value is -1.43. The lowest BCUT2D eigenvalue weighted by molar-refractivity contribution is 0.102. The van der Waals surface area contributed by atoms with Crippen molar-refractivity contribution in [1.82, 2.24) is 0 Å². The van der Waals surface area contributed by atoms with Crippen molar-refractivity contribution in [3.8, 4) is 0 Å². The summed E-state index contributed by atoms with van der Waals surface area (Å²) in [5, 5.41) is 2.98. The molecular formula is C18H19NO2S2. The van der Waals surface area contributed by atoms with Crippen LogP contribution in [0, 0.1) is 0 Å². The van der Waals surface area contributed by atoms with E-state index in [0.717, 1.165) is 11.3 Å². The largest absolute Gasteiger partial charge is 0.380 e. The van der Waals surface area contributed by atoms with Gasteiger partial charge in [0.1, 0.15) is 0 Å². The molecule has 120 valence electrons. The van der Waals surface area contributed by atoms with Crippen molar-refractivity contribution in [3.63, 3.8) is 0 Å². The number of anilines is 1. The van der Waals surface area contributed by atoms with E-state index in [1.54, 1.807) is 7.11 Å². The number of methoxy groups -OCH3 is 1. The second-order valence-corrected chi connectivity index (χ2v) is 8.01. The lowest BCUT2D eigenvalue weighted by Gasteiger charge is -2.11. The number of hydrogen-bond donors (Lipinski definition) is 1. The number of ether oxygens (including phenoxy) is 1. The highest BCUT2D eigenvalue weighted by molar-refractivity contribution is 8.19. The number of carbonyl (C=O) groups excluding carboxylic acids is 1. The van der Waals surface area contributed by atoms with Crippen molar-refractivity contribution >= 4 is 35.1 Å². The third-order valence-corrected chi connectivity index (χ3v) is 6.67. The van der Waals surface area contributed by atoms with Crippen molar-refractivity contribution in [1.29, 1.82) is 0 Å². The van der Waals surface area contributed by atoms with Crippen LogP contribution in [0.1, 0.15) is 26.1 Å². The van der Waals surface area contributed by atoms with Crippen LogP contribution in [-0.4, -0.2) is 24.5 Å². The highest BCUT2D eigenvalue weighted by atomic mass is 32.2. The molecule has 1 heterocycles. The molecule has 0 atom stereocenters. The van der Waals surface area contributed by atoms with Gasteiger partial charge in [-0.05, 0) is 35.4 Å². The van der Waals surface area contributed by atoms with Gasteiger partial charge in [-0.3, -0.25) is 4.79 Å². The van der Waals surface area contributed by atoms with Crippen molar-refractivity contribution in [2.24, 2.45) is 0 Å². The van der Waals surface area contributed by atoms with Crippen LogP contribution >= 0.6 is 23.5 Å². The molecule has 5 heteroatoms. The zero-order valence-corrected chi connectivity index (χ0v) is 14.6. The second kappa shape index (κ2) is 7.90. The topological polar surface area (TPSA) is 38.3 Å². The summed E-state index contributed by atoms with van der Waals surface area (Å²) in [6.45, 7) is 0.556. The van der Waals surface area contributed by atoms with Gasteiger partial charge >= 0.3 is 0 Å². The predicted molar refractivity (Wildman–Crippen MR) is 99.2 cm³/mol. The smallest absolute Gasteiger partial charge is 0.255 e. The molecule has 2 aromatic rings. The fourth-order valence-corrected chi connectivity index (χ4v) is 5.27. The van der Waals surface area contributed by atoms with Gasteiger partial charge in [0.15, 0.2) is 0 Å². The van der Waals surface area contributed by atoms with Gasteiger partial charge in [-0.25, -0.2) is 0 Å². The van der Waals surface area contributed by atoms with E-state index in [1.165, 1.54) is 17.1 Å². The maximum absolute atomic E-state index is 12.4. The molecule has 3 rings (SSSR count). The summed E-state index contributed by atoms with van der Waals surface area (Å²) < 4.78 is 5.57. The molecule has 0 bridgehead atoms. The summed E-state index contributed by atoms with van der Waals surface area (Å²) in [6, 6.07) is 15.6. The van der Waals surface area contributed by atoms with Gasteiger partial charge in [0.25, 0.3) is 5.91 Å². The predicted octanol–water partition coefficient (Wildman–Crippen LogP) is 4.56. The number of benzene rings is 2. The normalized spacial score (nSPS) is 14.8. The second-order valence-electron chi connectivity index (χ2n) is 5.28. The Kier molecular flexibility index (Phi) is 5.65. The van der Waals surface area contributed by atoms with Gasteiger partial charge in [0.05, 0.1) is 11.2 Å². The molecule has 2 aromatic carbocycles. The minimum atomic E-state index is -0.0853. The Bertz CT molecular complexity index is 667. The van der Waals surface area contributed by atoms with Crippen molar-refractivity contribution in [2.75, 3.05) is 23.9 Å². The molecule has 0 unspecified atom stereocenters. The minimum absolute atomic E-state index is 0.0853. The lowest BCUT2D eigenvalue weighted by Crippen LogP contribution is -2.12. The monoisotopic (exact) mass is 345 g/mol. The molecular weight excluding hydrogens is 326 g/mol. The molecule has 1 amide bonds. The van der Waals surface area contributed by atoms with Crippen LogP contribution in [0.3, 0.4) is 0 Å². The zero-order valence-electron chi connectivity index (χ0n) is 13.0. The molecule has 23 heavy (non-hydrogen) atoms. The van der Waals surface area contributed by atoms with E-state index in [-0.39, 0.29) is 5.91 Å². The Morgan fingerprint density at radius 1 is 1.17 bits per heavy atom. The van der Waals surface area contributed by atoms with E-state index in [1.807, 2.05) is 59.9 Å². The lowest BCUT2D eigenvalue weighted by atomic mass is 10.1. The highest BCUT2D eigenvalue weighted by Gasteiger charge is 2.18. The maximum Gasteiger partial charge on any atom is 0.255 e. The Labute approximate surface area is 145 Å². The first-order valence-corrected chi connectivity index (χ1v) is 9.58. The van der Waals surface area contributed by atoms with E-state index in [4.69, 9.17) is 4.74 Å². The first-order valence-electron chi connectivity index (χ1n) is 7.48. The summed E-state index contributed by atoms with van der Waals surface area (Å²) in [4.78, 5) is 12.4. The molecule has 1 aliphatic rings. The van der Waals surface area contributed by atoms with E-state index in [2.05, 4.69) is 17.4 Å². The van der Waals surface area contributed by atoms with Gasteiger partial charge in [-0.1, -0.05) is 24.3 Å². The molecule has 1 fully saturated rings. The Morgan fingerprint density at radius 2 is 1.91 bits per heavy atom. The first kappa shape index (κ1) is 16.4. The maximum atomic E-state index is 12.4. The summed E-state index contributed by atoms with van der Waals surface area (Å²) in [6.07, 6.45) is 0. The molecule has 0 radical (unpaired) electrons. The van der Waals surface area contributed by atoms with Crippen LogP contribution in [0.4, 0.5) is 5.69 Å². The van der Waals surface area contributed by atoms with E-state index in [9.17, 15) is 4.79 Å². The molecule has 0 aliphatic carbocycles. The fraction of sp³-hybridized carbons (Fsp3) is 0.278. The SMILES string of the molecule is COCc1ccc(C(=O)Nc2cccc(C3SCCS3)c2)cc1. The van der Waals surface area contributed by atoms with Crippen molar-refractivity contribution < 1.29 is 9.53 Å². The van der Waals surface area contributed by atoms with Gasteiger partial charge < -0.3 is 10.1 Å². The van der Waals surface area contributed by atoms with Crippen molar-refractivity contribution in [2.45, 2.75) is 11.2 Å². The summed E-state index contributed by atoms with van der Waals surface area (Å²) in [5.74, 6) is 2.30. The van der Waals surface area contributed by atoms with E-state index >= 15 is 0 Å². The molecule has 1 aliphatic heterocycles. The molecule has 3 nitrogen and oxygen atoms in total. The summed E-state index contributed by atoms with van der Waals surface area (Å²) in [7, 11) is 1.66. The van der Waals surface area contributed by atoms with Gasteiger partial charge in [-0.2, -0.15) is 0 Å². The van der Waals surface area contributed by atoms with Crippen molar-refractivity contribution in [3.05, 3.63) is 65.2 Å². The van der Waals surface area contributed by atoms with Crippen LogP contribution in [0.25, 0.3) is 0 Å². The van der Waals surface area contributed by atoms with Crippen LogP contribution in [0.2, 0.25) is 0 Å². The van der Waals surface area contributed by atoms with Crippen LogP contribution < -0.4 is 5.32 Å². The zero-order chi connectivity index (χ0) is 16.1. The first-order chi connectivity index (χ1) is 11.3. The minimum Gasteiger partial charge on any atom is -0.380 e. The van der Waals surface area contributed by atoms with E-state index in [0.29, 0.717) is 16.8 Å². The molecule has 0 spiro atoms. The third-order valence-electron chi connectivity index (χ3n) is 3.57. The Morgan fingerprint density at radius 3 is 2.61 bits per heavy atom. The number of rotatable bonds is 5. The van der Waals surface area contributed by atoms with Crippen LogP contribution in [0.15, 0.2) is 48.5 Å². The number of hydrogen-bond acceptors (Lipinski definition) is 4. The van der Waals surface area contributed by atoms with Crippen LogP contribution in [-0.2, 0) is 11.3 Å². The van der Waals surface area contributed by atoms with Gasteiger partial charge in [0.2, 0.25) is 0 Å². The fourth-order valence-electron chi connectivity index (χ4n) is 2.44. The number of amides is 1. The van der Waals surface area contributed by atoms with E-state index < -0.39 is 0 Å². The molecule has 0 aromatic heterocycles. The molecule has 0 saturated carbocycles. The quantitative estimate of drug-likeness (QED) is 0.862. The summed E-state index contributed by atoms with van der Waals surface area (Å²) in [5.41, 5.74) is 3.83. The standard InChI is InChI=1S/C18H19NO2S2/c1-21-12-13-5-7-14(8-6-13)17(20)19-16-4-2-3-15(11-16)18-22-9-10-23-18/h2-8,11,18H,9-10,12H2,1H3,(H,19,20). The number of nitrogens with one attached hydrogen (secondary N) is 1. The average molecular weight is 345 g/mol. The molecule has 1 saturated heterocycles. The highest BCUT2D eigenvalue weighted by Crippen LogP contribution is 2.45.